The van der Waals surface area contributed by atoms with E-state index in [0.717, 1.165) is 17.8 Å². The predicted octanol–water partition coefficient (Wildman–Crippen LogP) is 3.96. The summed E-state index contributed by atoms with van der Waals surface area (Å²) >= 11 is 0. The Kier molecular flexibility index (Phi) is 5.66. The first-order valence-electron chi connectivity index (χ1n) is 6.84. The zero-order valence-corrected chi connectivity index (χ0v) is 10.3. The molecular weight excluding hydrogens is 184 g/mol. The smallest absolute Gasteiger partial charge is 0.0411 e. The summed E-state index contributed by atoms with van der Waals surface area (Å²) in [7, 11) is 0. The van der Waals surface area contributed by atoms with Crippen molar-refractivity contribution in [2.45, 2.75) is 71.1 Å². The van der Waals surface area contributed by atoms with Gasteiger partial charge in [0, 0.05) is 0 Å². The first-order valence-corrected chi connectivity index (χ1v) is 6.84. The van der Waals surface area contributed by atoms with Gasteiger partial charge in [0.2, 0.25) is 0 Å². The molecule has 0 aliphatic heterocycles. The SMILES string of the molecule is CC1CCC(CC2CCCCC2)CC1.O. The Morgan fingerprint density at radius 2 is 1.27 bits per heavy atom. The molecular formula is C14H28O. The van der Waals surface area contributed by atoms with Crippen molar-refractivity contribution in [1.29, 1.82) is 0 Å². The molecule has 0 saturated heterocycles. The van der Waals surface area contributed by atoms with Crippen LogP contribution in [0.4, 0.5) is 0 Å². The third-order valence-electron chi connectivity index (χ3n) is 4.53. The zero-order valence-electron chi connectivity index (χ0n) is 10.3. The van der Waals surface area contributed by atoms with Gasteiger partial charge in [-0.1, -0.05) is 64.7 Å². The van der Waals surface area contributed by atoms with Gasteiger partial charge in [-0.15, -0.1) is 0 Å². The summed E-state index contributed by atoms with van der Waals surface area (Å²) in [4.78, 5) is 0. The van der Waals surface area contributed by atoms with Crippen molar-refractivity contribution in [3.63, 3.8) is 0 Å². The fourth-order valence-corrected chi connectivity index (χ4v) is 3.46. The Bertz CT molecular complexity index is 153. The van der Waals surface area contributed by atoms with E-state index < -0.39 is 0 Å². The summed E-state index contributed by atoms with van der Waals surface area (Å²) in [5.41, 5.74) is 0. The largest absolute Gasteiger partial charge is 0.412 e. The van der Waals surface area contributed by atoms with Crippen molar-refractivity contribution >= 4 is 0 Å². The van der Waals surface area contributed by atoms with Gasteiger partial charge in [-0.05, 0) is 24.2 Å². The molecule has 0 aromatic heterocycles. The molecule has 2 N–H and O–H groups in total. The molecule has 2 fully saturated rings. The maximum absolute atomic E-state index is 2.43. The van der Waals surface area contributed by atoms with Crippen LogP contribution in [0.5, 0.6) is 0 Å². The molecule has 0 spiro atoms. The van der Waals surface area contributed by atoms with Gasteiger partial charge < -0.3 is 5.48 Å². The highest BCUT2D eigenvalue weighted by atomic mass is 16.0. The Labute approximate surface area is 95.0 Å². The van der Waals surface area contributed by atoms with E-state index in [2.05, 4.69) is 6.92 Å². The molecule has 0 heterocycles. The van der Waals surface area contributed by atoms with Crippen LogP contribution in [-0.4, -0.2) is 5.48 Å². The second kappa shape index (κ2) is 6.52. The minimum Gasteiger partial charge on any atom is -0.412 e. The van der Waals surface area contributed by atoms with Crippen LogP contribution in [0.3, 0.4) is 0 Å². The molecule has 0 atom stereocenters. The molecule has 2 saturated carbocycles. The van der Waals surface area contributed by atoms with E-state index in [1.54, 1.807) is 19.3 Å². The van der Waals surface area contributed by atoms with E-state index in [1.807, 2.05) is 0 Å². The molecule has 0 radical (unpaired) electrons. The van der Waals surface area contributed by atoms with Crippen LogP contribution in [0.15, 0.2) is 0 Å². The molecule has 1 heteroatoms. The number of hydrogen-bond acceptors (Lipinski definition) is 0. The van der Waals surface area contributed by atoms with Gasteiger partial charge in [-0.3, -0.25) is 0 Å². The van der Waals surface area contributed by atoms with Crippen LogP contribution in [0.1, 0.15) is 71.1 Å². The molecule has 2 rings (SSSR count). The first-order chi connectivity index (χ1) is 6.84. The predicted molar refractivity (Wildman–Crippen MR) is 65.9 cm³/mol. The van der Waals surface area contributed by atoms with Crippen molar-refractivity contribution < 1.29 is 5.48 Å². The van der Waals surface area contributed by atoms with E-state index in [1.165, 1.54) is 44.9 Å². The van der Waals surface area contributed by atoms with Gasteiger partial charge in [0.05, 0.1) is 0 Å². The van der Waals surface area contributed by atoms with E-state index in [9.17, 15) is 0 Å². The van der Waals surface area contributed by atoms with Crippen LogP contribution in [0.2, 0.25) is 0 Å². The van der Waals surface area contributed by atoms with Gasteiger partial charge in [0.1, 0.15) is 0 Å². The van der Waals surface area contributed by atoms with E-state index in [-0.39, 0.29) is 5.48 Å². The summed E-state index contributed by atoms with van der Waals surface area (Å²) in [5, 5.41) is 0. The van der Waals surface area contributed by atoms with Crippen LogP contribution in [0.25, 0.3) is 0 Å². The minimum absolute atomic E-state index is 0. The van der Waals surface area contributed by atoms with Gasteiger partial charge in [0.25, 0.3) is 0 Å². The monoisotopic (exact) mass is 212 g/mol. The van der Waals surface area contributed by atoms with E-state index in [0.29, 0.717) is 0 Å². The van der Waals surface area contributed by atoms with Gasteiger partial charge >= 0.3 is 0 Å². The molecule has 0 unspecified atom stereocenters. The lowest BCUT2D eigenvalue weighted by atomic mass is 9.75. The summed E-state index contributed by atoms with van der Waals surface area (Å²) in [6.07, 6.45) is 15.3. The molecule has 15 heavy (non-hydrogen) atoms. The molecule has 90 valence electrons. The molecule has 2 aliphatic carbocycles. The molecule has 0 aromatic rings. The number of hydrogen-bond donors (Lipinski definition) is 0. The highest BCUT2D eigenvalue weighted by Crippen LogP contribution is 2.36. The molecule has 0 amide bonds. The maximum Gasteiger partial charge on any atom is -0.0411 e. The second-order valence-electron chi connectivity index (χ2n) is 5.87. The third kappa shape index (κ3) is 4.14. The van der Waals surface area contributed by atoms with Gasteiger partial charge in [0.15, 0.2) is 0 Å². The first kappa shape index (κ1) is 13.0. The Morgan fingerprint density at radius 1 is 0.733 bits per heavy atom. The lowest BCUT2D eigenvalue weighted by molar-refractivity contribution is 0.218. The quantitative estimate of drug-likeness (QED) is 0.663. The van der Waals surface area contributed by atoms with Crippen molar-refractivity contribution in [2.75, 3.05) is 0 Å². The Morgan fingerprint density at radius 3 is 1.87 bits per heavy atom. The second-order valence-corrected chi connectivity index (χ2v) is 5.87. The van der Waals surface area contributed by atoms with Gasteiger partial charge in [-0.25, -0.2) is 0 Å². The van der Waals surface area contributed by atoms with Crippen molar-refractivity contribution in [2.24, 2.45) is 17.8 Å². The highest BCUT2D eigenvalue weighted by Gasteiger charge is 2.22. The standard InChI is InChI=1S/C14H26.H2O/c1-12-7-9-14(10-8-12)11-13-5-3-2-4-6-13;/h12-14H,2-11H2,1H3;1H2. The van der Waals surface area contributed by atoms with Crippen LogP contribution >= 0.6 is 0 Å². The third-order valence-corrected chi connectivity index (χ3v) is 4.53. The normalized spacial score (nSPS) is 33.4. The van der Waals surface area contributed by atoms with Crippen molar-refractivity contribution in [1.82, 2.24) is 0 Å². The van der Waals surface area contributed by atoms with Crippen molar-refractivity contribution in [3.8, 4) is 0 Å². The Balaban J connectivity index is 0.00000112. The summed E-state index contributed by atoms with van der Waals surface area (Å²) < 4.78 is 0. The molecule has 2 aliphatic rings. The van der Waals surface area contributed by atoms with Crippen molar-refractivity contribution in [3.05, 3.63) is 0 Å². The average molecular weight is 212 g/mol. The summed E-state index contributed by atoms with van der Waals surface area (Å²) in [6, 6.07) is 0. The lowest BCUT2D eigenvalue weighted by Crippen LogP contribution is -2.17. The summed E-state index contributed by atoms with van der Waals surface area (Å²) in [5.74, 6) is 3.24. The minimum atomic E-state index is 0. The fraction of sp³-hybridized carbons (Fsp3) is 1.00. The summed E-state index contributed by atoms with van der Waals surface area (Å²) in [6.45, 7) is 2.43. The maximum atomic E-state index is 2.43. The van der Waals surface area contributed by atoms with Crippen LogP contribution in [0, 0.1) is 17.8 Å². The van der Waals surface area contributed by atoms with Gasteiger partial charge in [-0.2, -0.15) is 0 Å². The zero-order chi connectivity index (χ0) is 9.80. The lowest BCUT2D eigenvalue weighted by Gasteiger charge is -2.31. The van der Waals surface area contributed by atoms with Crippen LogP contribution in [-0.2, 0) is 0 Å². The topological polar surface area (TPSA) is 31.5 Å². The number of rotatable bonds is 2. The molecule has 1 nitrogen and oxygen atoms in total. The fourth-order valence-electron chi connectivity index (χ4n) is 3.46. The molecule has 0 aromatic carbocycles. The van der Waals surface area contributed by atoms with E-state index in [4.69, 9.17) is 0 Å². The Hall–Kier alpha value is -0.0400. The molecule has 0 bridgehead atoms. The van der Waals surface area contributed by atoms with Crippen LogP contribution < -0.4 is 0 Å². The average Bonchev–Trinajstić information content (AvgIpc) is 2.23. The highest BCUT2D eigenvalue weighted by molar-refractivity contribution is 4.75. The van der Waals surface area contributed by atoms with E-state index >= 15 is 0 Å².